The number of hydrazine groups is 1. The fraction of sp³-hybridized carbons (Fsp3) is 0.478. The lowest BCUT2D eigenvalue weighted by Gasteiger charge is -2.14. The van der Waals surface area contributed by atoms with Gasteiger partial charge in [-0.3, -0.25) is 15.5 Å². The fourth-order valence-electron chi connectivity index (χ4n) is 3.76. The number of nitrogens with zero attached hydrogens (tertiary/aromatic N) is 4. The quantitative estimate of drug-likeness (QED) is 0.217. The summed E-state index contributed by atoms with van der Waals surface area (Å²) in [5.74, 6) is 0.830. The first-order chi connectivity index (χ1) is 15.3. The number of aromatic nitrogens is 4. The van der Waals surface area contributed by atoms with Gasteiger partial charge in [-0.1, -0.05) is 51.6 Å². The van der Waals surface area contributed by atoms with Crippen molar-refractivity contribution in [2.24, 2.45) is 7.05 Å². The number of amides is 2. The summed E-state index contributed by atoms with van der Waals surface area (Å²) in [5, 5.41) is 8.70. The van der Waals surface area contributed by atoms with Crippen LogP contribution in [-0.4, -0.2) is 25.8 Å². The molecule has 0 aliphatic heterocycles. The first-order valence-corrected chi connectivity index (χ1v) is 11.5. The molecule has 8 nitrogen and oxygen atoms in total. The van der Waals surface area contributed by atoms with Crippen LogP contribution in [0.25, 0.3) is 11.0 Å². The van der Waals surface area contributed by atoms with E-state index >= 15 is 0 Å². The van der Waals surface area contributed by atoms with Gasteiger partial charge in [-0.15, -0.1) is 0 Å². The van der Waals surface area contributed by atoms with Gasteiger partial charge < -0.3 is 5.32 Å². The zero-order chi connectivity index (χ0) is 23.3. The van der Waals surface area contributed by atoms with Crippen molar-refractivity contribution in [1.29, 1.82) is 0 Å². The Balaban J connectivity index is 1.67. The lowest BCUT2D eigenvalue weighted by Crippen LogP contribution is -2.34. The Morgan fingerprint density at radius 3 is 2.66 bits per heavy atom. The van der Waals surface area contributed by atoms with E-state index in [1.54, 1.807) is 10.7 Å². The Labute approximate surface area is 194 Å². The molecule has 3 aromatic heterocycles. The van der Waals surface area contributed by atoms with E-state index in [9.17, 15) is 4.79 Å². The maximum absolute atomic E-state index is 12.5. The molecule has 2 amide bonds. The summed E-state index contributed by atoms with van der Waals surface area (Å²) in [7, 11) is 1.86. The van der Waals surface area contributed by atoms with E-state index in [0.717, 1.165) is 47.2 Å². The number of carbonyl (C=O) groups is 1. The predicted molar refractivity (Wildman–Crippen MR) is 130 cm³/mol. The topological polar surface area (TPSA) is 96.8 Å². The van der Waals surface area contributed by atoms with Gasteiger partial charge in [-0.25, -0.2) is 14.8 Å². The van der Waals surface area contributed by atoms with Crippen molar-refractivity contribution in [1.82, 2.24) is 25.2 Å². The van der Waals surface area contributed by atoms with Crippen molar-refractivity contribution < 1.29 is 4.79 Å². The molecule has 0 bridgehead atoms. The van der Waals surface area contributed by atoms with Gasteiger partial charge in [-0.2, -0.15) is 5.10 Å². The number of hydrogen-bond donors (Lipinski definition) is 3. The monoisotopic (exact) mass is 457 g/mol. The van der Waals surface area contributed by atoms with Crippen LogP contribution < -0.4 is 16.2 Å². The number of aryl methyl sites for hydroxylation is 3. The molecule has 3 N–H and O–H groups in total. The molecule has 3 aromatic rings. The molecule has 0 spiro atoms. The summed E-state index contributed by atoms with van der Waals surface area (Å²) in [5.41, 5.74) is 9.86. The number of hydrogen-bond acceptors (Lipinski definition) is 5. The number of urea groups is 1. The Morgan fingerprint density at radius 1 is 1.16 bits per heavy atom. The highest BCUT2D eigenvalue weighted by molar-refractivity contribution is 6.29. The summed E-state index contributed by atoms with van der Waals surface area (Å²) in [4.78, 5) is 21.4. The minimum atomic E-state index is -0.418. The van der Waals surface area contributed by atoms with E-state index in [4.69, 9.17) is 11.6 Å². The van der Waals surface area contributed by atoms with Gasteiger partial charge in [-0.05, 0) is 49.4 Å². The molecule has 3 rings (SSSR count). The maximum atomic E-state index is 12.5. The number of anilines is 2. The number of unbranched alkanes of at least 4 members (excludes halogenated alkanes) is 3. The third-order valence-electron chi connectivity index (χ3n) is 5.32. The largest absolute Gasteiger partial charge is 0.337 e. The Kier molecular flexibility index (Phi) is 7.90. The molecule has 0 fully saturated rings. The van der Waals surface area contributed by atoms with E-state index in [2.05, 4.69) is 52.0 Å². The molecular formula is C23H32ClN7O. The van der Waals surface area contributed by atoms with E-state index in [1.807, 2.05) is 26.1 Å². The molecule has 172 valence electrons. The van der Waals surface area contributed by atoms with Crippen LogP contribution in [0.2, 0.25) is 5.15 Å². The molecule has 3 heterocycles. The Bertz CT molecular complexity index is 1090. The first-order valence-electron chi connectivity index (χ1n) is 11.1. The van der Waals surface area contributed by atoms with Crippen molar-refractivity contribution in [3.8, 4) is 0 Å². The van der Waals surface area contributed by atoms with Crippen LogP contribution in [0, 0.1) is 6.92 Å². The van der Waals surface area contributed by atoms with Gasteiger partial charge in [0.25, 0.3) is 0 Å². The van der Waals surface area contributed by atoms with Crippen molar-refractivity contribution >= 4 is 40.2 Å². The average Bonchev–Trinajstić information content (AvgIpc) is 3.02. The second-order valence-corrected chi connectivity index (χ2v) is 8.73. The smallest absolute Gasteiger partial charge is 0.306 e. The molecule has 0 atom stereocenters. The lowest BCUT2D eigenvalue weighted by molar-refractivity contribution is 0.254. The molecule has 0 saturated carbocycles. The molecule has 0 aromatic carbocycles. The van der Waals surface area contributed by atoms with Crippen LogP contribution in [-0.2, 0) is 13.5 Å². The summed E-state index contributed by atoms with van der Waals surface area (Å²) < 4.78 is 1.75. The molecule has 0 aliphatic rings. The van der Waals surface area contributed by atoms with Crippen molar-refractivity contribution in [2.45, 2.75) is 65.7 Å². The van der Waals surface area contributed by atoms with Crippen LogP contribution in [0.15, 0.2) is 18.2 Å². The molecule has 0 radical (unpaired) electrons. The average molecular weight is 458 g/mol. The van der Waals surface area contributed by atoms with Gasteiger partial charge in [0, 0.05) is 23.8 Å². The highest BCUT2D eigenvalue weighted by Gasteiger charge is 2.16. The molecule has 0 unspecified atom stereocenters. The van der Waals surface area contributed by atoms with Crippen LogP contribution in [0.5, 0.6) is 0 Å². The molecule has 0 saturated heterocycles. The van der Waals surface area contributed by atoms with Crippen molar-refractivity contribution in [3.63, 3.8) is 0 Å². The zero-order valence-corrected chi connectivity index (χ0v) is 20.2. The van der Waals surface area contributed by atoms with E-state index in [-0.39, 0.29) is 5.92 Å². The number of carbonyl (C=O) groups excluding carboxylic acids is 1. The fourth-order valence-corrected chi connectivity index (χ4v) is 3.99. The van der Waals surface area contributed by atoms with Crippen LogP contribution in [0.3, 0.4) is 0 Å². The molecule has 9 heteroatoms. The summed E-state index contributed by atoms with van der Waals surface area (Å²) in [6, 6.07) is 5.02. The van der Waals surface area contributed by atoms with Crippen LogP contribution in [0.1, 0.15) is 69.3 Å². The van der Waals surface area contributed by atoms with Gasteiger partial charge in [0.05, 0.1) is 5.69 Å². The standard InChI is InChI=1S/C23H32ClN7O/c1-6-7-8-9-10-16-11-17(12-19(24)25-16)26-23(32)29-28-20-13-18(14(2)3)21-15(4)30-31(5)22(21)27-20/h11-14H,6-10H2,1-5H3,(H,27,28)(H2,25,26,29,32). The zero-order valence-electron chi connectivity index (χ0n) is 19.4. The summed E-state index contributed by atoms with van der Waals surface area (Å²) in [6.07, 6.45) is 5.43. The molecule has 0 aliphatic carbocycles. The Hall–Kier alpha value is -2.87. The third kappa shape index (κ3) is 5.88. The first kappa shape index (κ1) is 23.8. The van der Waals surface area contributed by atoms with Crippen LogP contribution in [0.4, 0.5) is 16.3 Å². The van der Waals surface area contributed by atoms with Gasteiger partial charge in [0.2, 0.25) is 0 Å². The third-order valence-corrected chi connectivity index (χ3v) is 5.51. The molecular weight excluding hydrogens is 426 g/mol. The number of pyridine rings is 2. The van der Waals surface area contributed by atoms with E-state index < -0.39 is 6.03 Å². The van der Waals surface area contributed by atoms with Crippen molar-refractivity contribution in [3.05, 3.63) is 40.3 Å². The number of halogens is 1. The highest BCUT2D eigenvalue weighted by Crippen LogP contribution is 2.29. The van der Waals surface area contributed by atoms with Gasteiger partial charge in [0.15, 0.2) is 5.65 Å². The van der Waals surface area contributed by atoms with E-state index in [1.165, 1.54) is 12.8 Å². The Morgan fingerprint density at radius 2 is 1.94 bits per heavy atom. The van der Waals surface area contributed by atoms with E-state index in [0.29, 0.717) is 16.7 Å². The van der Waals surface area contributed by atoms with Gasteiger partial charge >= 0.3 is 6.03 Å². The second-order valence-electron chi connectivity index (χ2n) is 8.34. The number of fused-ring (bicyclic) bond motifs is 1. The maximum Gasteiger partial charge on any atom is 0.337 e. The predicted octanol–water partition coefficient (Wildman–Crippen LogP) is 5.72. The summed E-state index contributed by atoms with van der Waals surface area (Å²) in [6.45, 7) is 8.41. The highest BCUT2D eigenvalue weighted by atomic mass is 35.5. The minimum absolute atomic E-state index is 0.285. The second kappa shape index (κ2) is 10.6. The number of rotatable bonds is 9. The lowest BCUT2D eigenvalue weighted by atomic mass is 10.00. The minimum Gasteiger partial charge on any atom is -0.306 e. The van der Waals surface area contributed by atoms with Gasteiger partial charge in [0.1, 0.15) is 11.0 Å². The number of nitrogens with one attached hydrogen (secondary N) is 3. The normalized spacial score (nSPS) is 11.2. The van der Waals surface area contributed by atoms with Crippen LogP contribution >= 0.6 is 11.6 Å². The SMILES string of the molecule is CCCCCCc1cc(NC(=O)NNc2cc(C(C)C)c3c(C)nn(C)c3n2)cc(Cl)n1. The summed E-state index contributed by atoms with van der Waals surface area (Å²) >= 11 is 6.15. The van der Waals surface area contributed by atoms with Crippen molar-refractivity contribution in [2.75, 3.05) is 10.7 Å². The molecule has 32 heavy (non-hydrogen) atoms.